The highest BCUT2D eigenvalue weighted by Gasteiger charge is 2.21. The van der Waals surface area contributed by atoms with E-state index in [1.807, 2.05) is 0 Å². The number of anilines is 2. The third kappa shape index (κ3) is 9.55. The van der Waals surface area contributed by atoms with Crippen molar-refractivity contribution in [2.75, 3.05) is 24.8 Å². The number of azo groups is 1. The first-order valence-electron chi connectivity index (χ1n) is 14.1. The second-order valence-electron chi connectivity index (χ2n) is 9.83. The second-order valence-corrected chi connectivity index (χ2v) is 13.5. The summed E-state index contributed by atoms with van der Waals surface area (Å²) in [4.78, 5) is 24.0. The molecule has 0 fully saturated rings. The number of hydrogen-bond acceptors (Lipinski definition) is 20. The van der Waals surface area contributed by atoms with Crippen LogP contribution in [0.25, 0.3) is 16.7 Å². The Morgan fingerprint density at radius 1 is 1.02 bits per heavy atom. The first-order valence-corrected chi connectivity index (χ1v) is 17.5. The molecule has 5 rings (SSSR count). The maximum absolute atomic E-state index is 12.9. The molecule has 0 aliphatic rings. The maximum Gasteiger partial charge on any atom is 0.444 e. The van der Waals surface area contributed by atoms with Crippen molar-refractivity contribution >= 4 is 85.5 Å². The summed E-state index contributed by atoms with van der Waals surface area (Å²) in [5.74, 6) is -1.06. The van der Waals surface area contributed by atoms with Crippen LogP contribution in [0.5, 0.6) is 11.5 Å². The number of carbonyl (C=O) groups is 1. The van der Waals surface area contributed by atoms with Gasteiger partial charge in [0.1, 0.15) is 17.1 Å². The number of ether oxygens (including phenoxy) is 1. The van der Waals surface area contributed by atoms with Crippen LogP contribution in [-0.4, -0.2) is 64.4 Å². The Labute approximate surface area is 306 Å². The Kier molecular flexibility index (Phi) is 13.0. The predicted molar refractivity (Wildman–Crippen MR) is 182 cm³/mol. The average molecular weight is 796 g/mol. The topological polar surface area (TPSA) is 273 Å². The van der Waals surface area contributed by atoms with Crippen LogP contribution in [0.15, 0.2) is 87.0 Å². The zero-order valence-electron chi connectivity index (χ0n) is 26.1. The summed E-state index contributed by atoms with van der Waals surface area (Å²) in [7, 11) is -2.56. The third-order valence-electron chi connectivity index (χ3n) is 6.71. The molecule has 0 aliphatic carbocycles. The van der Waals surface area contributed by atoms with Gasteiger partial charge in [-0.2, -0.15) is 4.98 Å². The van der Waals surface area contributed by atoms with Gasteiger partial charge in [0.05, 0.1) is 53.7 Å². The van der Waals surface area contributed by atoms with Gasteiger partial charge in [0, 0.05) is 16.6 Å². The van der Waals surface area contributed by atoms with Gasteiger partial charge in [-0.3, -0.25) is 8.98 Å². The number of aromatic hydroxyl groups is 1. The highest BCUT2D eigenvalue weighted by Crippen LogP contribution is 2.45. The third-order valence-corrected chi connectivity index (χ3v) is 9.56. The summed E-state index contributed by atoms with van der Waals surface area (Å²) >= 11 is 6.89. The maximum atomic E-state index is 12.9. The number of amides is 1. The van der Waals surface area contributed by atoms with Gasteiger partial charge in [0.25, 0.3) is 0 Å². The number of nitrogens with zero attached hydrogens (tertiary/aromatic N) is 6. The van der Waals surface area contributed by atoms with Crippen molar-refractivity contribution in [1.82, 2.24) is 15.0 Å². The Morgan fingerprint density at radius 2 is 1.79 bits per heavy atom. The summed E-state index contributed by atoms with van der Waals surface area (Å²) in [5, 5.41) is 47.3. The minimum Gasteiger partial charge on any atom is -0.505 e. The molecule has 1 amide bonds. The van der Waals surface area contributed by atoms with E-state index in [9.17, 15) is 18.3 Å². The van der Waals surface area contributed by atoms with E-state index < -0.39 is 21.5 Å². The average Bonchev–Trinajstić information content (AvgIpc) is 3.13. The number of carbonyl (C=O) groups excluding carboxylic acids is 1. The number of hydrogen-bond donors (Lipinski definition) is 5. The first kappa shape index (κ1) is 38.4. The predicted octanol–water partition coefficient (Wildman–Crippen LogP) is 5.13. The van der Waals surface area contributed by atoms with Gasteiger partial charge >= 0.3 is 17.2 Å². The van der Waals surface area contributed by atoms with E-state index in [0.717, 1.165) is 0 Å². The number of methoxy groups -OCH3 is 1. The highest BCUT2D eigenvalue weighted by atomic mass is 35.5. The van der Waals surface area contributed by atoms with Crippen molar-refractivity contribution in [3.8, 4) is 17.4 Å². The fraction of sp³-hybridized carbons (Fsp3) is 0.107. The molecule has 3 aromatic carbocycles. The molecule has 0 saturated heterocycles. The van der Waals surface area contributed by atoms with Crippen molar-refractivity contribution in [3.05, 3.63) is 77.8 Å². The van der Waals surface area contributed by atoms with E-state index in [4.69, 9.17) is 36.8 Å². The molecule has 272 valence electrons. The zero-order valence-corrected chi connectivity index (χ0v) is 29.3. The number of phenols is 1. The Hall–Kier alpha value is -4.79. The molecule has 52 heavy (non-hydrogen) atoms. The van der Waals surface area contributed by atoms with Crippen molar-refractivity contribution in [2.24, 2.45) is 16.0 Å². The lowest BCUT2D eigenvalue weighted by Gasteiger charge is -2.11. The number of rotatable bonds is 17. The number of primary amides is 1. The van der Waals surface area contributed by atoms with Crippen molar-refractivity contribution in [2.45, 2.75) is 9.79 Å². The Morgan fingerprint density at radius 3 is 2.50 bits per heavy atom. The smallest absolute Gasteiger partial charge is 0.444 e. The lowest BCUT2D eigenvalue weighted by atomic mass is 10.1. The molecule has 20 nitrogen and oxygen atoms in total. The zero-order chi connectivity index (χ0) is 37.3. The molecule has 2 aromatic heterocycles. The fourth-order valence-electron chi connectivity index (χ4n) is 4.38. The van der Waals surface area contributed by atoms with Crippen LogP contribution in [0, 0.1) is 0 Å². The number of nitrogens with one attached hydrogen (secondary N) is 1. The van der Waals surface area contributed by atoms with E-state index >= 15 is 0 Å². The van der Waals surface area contributed by atoms with Crippen LogP contribution in [0.2, 0.25) is 5.28 Å². The molecule has 5 aromatic rings. The quantitative estimate of drug-likeness (QED) is 0.0204. The number of phenolic OH excluding ortho intramolecular Hbond substituents is 1. The molecular weight excluding hydrogens is 772 g/mol. The molecule has 0 spiro atoms. The van der Waals surface area contributed by atoms with Gasteiger partial charge in [0.2, 0.25) is 5.91 Å². The number of nitrogens with two attached hydrogens (primary N) is 1. The molecule has 6 N–H and O–H groups in total. The summed E-state index contributed by atoms with van der Waals surface area (Å²) < 4.78 is 46.1. The summed E-state index contributed by atoms with van der Waals surface area (Å²) in [6.07, 6.45) is 3.06. The van der Waals surface area contributed by atoms with Gasteiger partial charge in [0.15, 0.2) is 27.9 Å². The summed E-state index contributed by atoms with van der Waals surface area (Å²) in [6.45, 7) is -0.313. The number of aromatic nitrogens is 4. The summed E-state index contributed by atoms with van der Waals surface area (Å²) in [6, 6.07) is 13.2. The molecule has 0 unspecified atom stereocenters. The van der Waals surface area contributed by atoms with Crippen LogP contribution in [-0.2, 0) is 32.8 Å². The minimum absolute atomic E-state index is 0.0115. The normalized spacial score (nSPS) is 11.7. The van der Waals surface area contributed by atoms with Gasteiger partial charge < -0.3 is 20.9 Å². The number of halogens is 1. The molecule has 0 atom stereocenters. The van der Waals surface area contributed by atoms with Crippen molar-refractivity contribution in [3.63, 3.8) is 0 Å². The fourth-order valence-corrected chi connectivity index (χ4v) is 6.46. The number of benzene rings is 3. The molecule has 24 heteroatoms. The Balaban J connectivity index is 1.44. The SMILES string of the molecule is COc1ccc(S(=O)(=O)CCOSOOO)cc1N=Nc1c(SOOO)cc2cc(Nc3nc(Cl)nc(-[n+]4ccc(C(N)=O)cc4)n3)ccc2c1O. The number of fused-ring (bicyclic) bond motifs is 1. The molecule has 0 saturated carbocycles. The molecule has 2 heterocycles. The highest BCUT2D eigenvalue weighted by molar-refractivity contribution is 7.94. The van der Waals surface area contributed by atoms with E-state index in [0.29, 0.717) is 28.5 Å². The van der Waals surface area contributed by atoms with Gasteiger partial charge in [-0.25, -0.2) is 23.5 Å². The van der Waals surface area contributed by atoms with Crippen LogP contribution in [0.4, 0.5) is 23.0 Å². The van der Waals surface area contributed by atoms with E-state index in [1.54, 1.807) is 24.3 Å². The monoisotopic (exact) mass is 795 g/mol. The second kappa shape index (κ2) is 17.6. The molecule has 0 radical (unpaired) electrons. The first-order chi connectivity index (χ1) is 25.0. The summed E-state index contributed by atoms with van der Waals surface area (Å²) in [5.41, 5.74) is 5.91. The standard InChI is InChI=1S/C28H23ClN8O12S3/c1-44-21-5-3-18(52(42,43)11-10-45-51-49-47-41)14-20(21)35-36-23-22(50-48-46-40)13-16-12-17(2-4-19(16)24(23)38)31-27-32-26(29)33-28(34-27)37-8-6-15(7-9-37)25(30)39/h2-9,12-14H,10-11H2,1H3,(H5-,30,31,32,33,34,38,39,40,41)/p+1. The number of sulfone groups is 1. The van der Waals surface area contributed by atoms with Gasteiger partial charge in [-0.15, -0.1) is 18.9 Å². The Bertz CT molecular complexity index is 2220. The molecular formula is C28H24ClN8O12S3+. The van der Waals surface area contributed by atoms with Gasteiger partial charge in [-0.05, 0) is 81.6 Å². The van der Waals surface area contributed by atoms with Crippen LogP contribution in [0.1, 0.15) is 10.4 Å². The van der Waals surface area contributed by atoms with Crippen LogP contribution in [0.3, 0.4) is 0 Å². The largest absolute Gasteiger partial charge is 0.505 e. The lowest BCUT2D eigenvalue weighted by molar-refractivity contribution is -0.603. The van der Waals surface area contributed by atoms with Gasteiger partial charge in [-0.1, -0.05) is 10.1 Å². The van der Waals surface area contributed by atoms with Crippen LogP contribution >= 0.6 is 36.0 Å². The van der Waals surface area contributed by atoms with Crippen LogP contribution < -0.4 is 20.4 Å². The number of pyridine rings is 1. The molecule has 0 aliphatic heterocycles. The van der Waals surface area contributed by atoms with Crippen molar-refractivity contribution < 1.29 is 61.1 Å². The minimum atomic E-state index is -3.90. The van der Waals surface area contributed by atoms with Crippen molar-refractivity contribution in [1.29, 1.82) is 0 Å². The van der Waals surface area contributed by atoms with E-state index in [1.165, 1.54) is 54.4 Å². The van der Waals surface area contributed by atoms with E-state index in [2.05, 4.69) is 49.2 Å². The molecule has 0 bridgehead atoms. The lowest BCUT2D eigenvalue weighted by Crippen LogP contribution is -2.33. The van der Waals surface area contributed by atoms with E-state index in [-0.39, 0.29) is 74.3 Å².